The summed E-state index contributed by atoms with van der Waals surface area (Å²) in [6.07, 6.45) is 2.15. The van der Waals surface area contributed by atoms with E-state index in [1.54, 1.807) is 55.6 Å². The Balaban J connectivity index is 1.56. The van der Waals surface area contributed by atoms with Gasteiger partial charge in [-0.2, -0.15) is 5.26 Å². The van der Waals surface area contributed by atoms with Crippen LogP contribution >= 0.6 is 0 Å². The second-order valence-electron chi connectivity index (χ2n) is 6.28. The van der Waals surface area contributed by atoms with Crippen LogP contribution in [0.4, 0.5) is 5.69 Å². The van der Waals surface area contributed by atoms with E-state index in [4.69, 9.17) is 18.9 Å². The van der Waals surface area contributed by atoms with Gasteiger partial charge in [0.1, 0.15) is 17.4 Å². The van der Waals surface area contributed by atoms with Crippen molar-refractivity contribution in [3.8, 4) is 23.3 Å². The Bertz CT molecular complexity index is 992. The van der Waals surface area contributed by atoms with E-state index in [9.17, 15) is 14.9 Å². The normalized spacial score (nSPS) is 12.9. The zero-order valence-electron chi connectivity index (χ0n) is 16.3. The monoisotopic (exact) mass is 408 g/mol. The van der Waals surface area contributed by atoms with E-state index in [-0.39, 0.29) is 5.57 Å². The van der Waals surface area contributed by atoms with Crippen molar-refractivity contribution in [3.05, 3.63) is 53.6 Å². The number of amides is 1. The number of hydrogen-bond acceptors (Lipinski definition) is 7. The predicted molar refractivity (Wildman–Crippen MR) is 108 cm³/mol. The number of nitrogens with zero attached hydrogens (tertiary/aromatic N) is 1. The number of carbonyl (C=O) groups is 2. The standard InChI is InChI=1S/C22H20N2O6/c1-27-18-6-3-15(4-7-18)11-16(13-23)22(26)30-14-21(25)24-17-5-8-19-20(12-17)29-10-2-9-28-19/h3-8,11-12H,2,9-10,14H2,1H3,(H,24,25)/b16-11-. The molecule has 1 N–H and O–H groups in total. The number of methoxy groups -OCH3 is 1. The summed E-state index contributed by atoms with van der Waals surface area (Å²) in [4.78, 5) is 24.3. The van der Waals surface area contributed by atoms with E-state index < -0.39 is 18.5 Å². The third kappa shape index (κ3) is 5.52. The van der Waals surface area contributed by atoms with Crippen molar-refractivity contribution in [2.45, 2.75) is 6.42 Å². The van der Waals surface area contributed by atoms with Crippen LogP contribution in [0, 0.1) is 11.3 Å². The van der Waals surface area contributed by atoms with Gasteiger partial charge in [0.25, 0.3) is 5.91 Å². The van der Waals surface area contributed by atoms with E-state index in [2.05, 4.69) is 5.32 Å². The molecule has 0 aliphatic carbocycles. The van der Waals surface area contributed by atoms with Crippen LogP contribution < -0.4 is 19.5 Å². The number of rotatable bonds is 6. The molecule has 8 nitrogen and oxygen atoms in total. The fourth-order valence-electron chi connectivity index (χ4n) is 2.65. The van der Waals surface area contributed by atoms with Gasteiger partial charge in [-0.15, -0.1) is 0 Å². The molecule has 0 saturated heterocycles. The van der Waals surface area contributed by atoms with Crippen LogP contribution in [0.2, 0.25) is 0 Å². The highest BCUT2D eigenvalue weighted by Gasteiger charge is 2.15. The molecule has 8 heteroatoms. The maximum atomic E-state index is 12.1. The molecule has 1 aliphatic heterocycles. The molecule has 2 aromatic carbocycles. The van der Waals surface area contributed by atoms with Gasteiger partial charge in [-0.3, -0.25) is 4.79 Å². The van der Waals surface area contributed by atoms with Gasteiger partial charge in [-0.25, -0.2) is 4.79 Å². The van der Waals surface area contributed by atoms with E-state index in [1.165, 1.54) is 6.08 Å². The highest BCUT2D eigenvalue weighted by molar-refractivity contribution is 6.00. The number of fused-ring (bicyclic) bond motifs is 1. The molecule has 0 bridgehead atoms. The number of hydrogen-bond donors (Lipinski definition) is 1. The van der Waals surface area contributed by atoms with E-state index in [0.717, 1.165) is 6.42 Å². The molecular weight excluding hydrogens is 388 g/mol. The maximum Gasteiger partial charge on any atom is 0.349 e. The zero-order valence-corrected chi connectivity index (χ0v) is 16.3. The average Bonchev–Trinajstić information content (AvgIpc) is 3.01. The first kappa shape index (κ1) is 20.7. The van der Waals surface area contributed by atoms with Crippen molar-refractivity contribution in [2.75, 3.05) is 32.2 Å². The molecule has 3 rings (SSSR count). The lowest BCUT2D eigenvalue weighted by atomic mass is 10.1. The molecule has 0 fully saturated rings. The smallest absolute Gasteiger partial charge is 0.349 e. The van der Waals surface area contributed by atoms with Gasteiger partial charge in [0.15, 0.2) is 18.1 Å². The number of benzene rings is 2. The Kier molecular flexibility index (Phi) is 6.90. The summed E-state index contributed by atoms with van der Waals surface area (Å²) in [5.74, 6) is 0.372. The average molecular weight is 408 g/mol. The largest absolute Gasteiger partial charge is 0.497 e. The number of ether oxygens (including phenoxy) is 4. The lowest BCUT2D eigenvalue weighted by Crippen LogP contribution is -2.21. The first-order chi connectivity index (χ1) is 14.6. The van der Waals surface area contributed by atoms with Crippen molar-refractivity contribution >= 4 is 23.6 Å². The number of anilines is 1. The summed E-state index contributed by atoms with van der Waals surface area (Å²) in [6, 6.07) is 13.6. The zero-order chi connectivity index (χ0) is 21.3. The molecule has 2 aromatic rings. The fraction of sp³-hybridized carbons (Fsp3) is 0.227. The number of nitrogens with one attached hydrogen (secondary N) is 1. The molecular formula is C22H20N2O6. The molecule has 0 spiro atoms. The summed E-state index contributed by atoms with van der Waals surface area (Å²) in [6.45, 7) is 0.564. The van der Waals surface area contributed by atoms with Gasteiger partial charge in [-0.1, -0.05) is 12.1 Å². The van der Waals surface area contributed by atoms with Crippen LogP contribution in [0.3, 0.4) is 0 Å². The van der Waals surface area contributed by atoms with Gasteiger partial charge in [0.2, 0.25) is 0 Å². The molecule has 0 unspecified atom stereocenters. The quantitative estimate of drug-likeness (QED) is 0.445. The second kappa shape index (κ2) is 9.98. The number of carbonyl (C=O) groups excluding carboxylic acids is 2. The first-order valence-corrected chi connectivity index (χ1v) is 9.21. The van der Waals surface area contributed by atoms with Gasteiger partial charge < -0.3 is 24.3 Å². The van der Waals surface area contributed by atoms with Crippen LogP contribution in [0.25, 0.3) is 6.08 Å². The summed E-state index contributed by atoms with van der Waals surface area (Å²) < 4.78 is 21.1. The summed E-state index contributed by atoms with van der Waals surface area (Å²) in [5, 5.41) is 11.8. The Hall–Kier alpha value is -3.99. The lowest BCUT2D eigenvalue weighted by molar-refractivity contribution is -0.142. The highest BCUT2D eigenvalue weighted by atomic mass is 16.5. The molecule has 1 aliphatic rings. The van der Waals surface area contributed by atoms with Crippen molar-refractivity contribution in [1.82, 2.24) is 0 Å². The second-order valence-corrected chi connectivity index (χ2v) is 6.28. The lowest BCUT2D eigenvalue weighted by Gasteiger charge is -2.10. The molecule has 0 radical (unpaired) electrons. The SMILES string of the molecule is COc1ccc(/C=C(/C#N)C(=O)OCC(=O)Nc2ccc3c(c2)OCCCO3)cc1. The van der Waals surface area contributed by atoms with Crippen molar-refractivity contribution in [2.24, 2.45) is 0 Å². The maximum absolute atomic E-state index is 12.1. The highest BCUT2D eigenvalue weighted by Crippen LogP contribution is 2.32. The number of nitriles is 1. The molecule has 0 aromatic heterocycles. The molecule has 154 valence electrons. The minimum Gasteiger partial charge on any atom is -0.497 e. The molecule has 1 amide bonds. The minimum atomic E-state index is -0.887. The predicted octanol–water partition coefficient (Wildman–Crippen LogP) is 2.95. The third-order valence-corrected chi connectivity index (χ3v) is 4.13. The van der Waals surface area contributed by atoms with Gasteiger partial charge in [-0.05, 0) is 35.9 Å². The summed E-state index contributed by atoms with van der Waals surface area (Å²) >= 11 is 0. The van der Waals surface area contributed by atoms with Crippen LogP contribution in [0.15, 0.2) is 48.0 Å². The van der Waals surface area contributed by atoms with Crippen LogP contribution in [0.5, 0.6) is 17.2 Å². The Morgan fingerprint density at radius 2 is 1.87 bits per heavy atom. The van der Waals surface area contributed by atoms with Crippen molar-refractivity contribution in [1.29, 1.82) is 5.26 Å². The Morgan fingerprint density at radius 1 is 1.13 bits per heavy atom. The third-order valence-electron chi connectivity index (χ3n) is 4.13. The molecule has 30 heavy (non-hydrogen) atoms. The van der Waals surface area contributed by atoms with Crippen molar-refractivity contribution < 1.29 is 28.5 Å². The van der Waals surface area contributed by atoms with Crippen molar-refractivity contribution in [3.63, 3.8) is 0 Å². The van der Waals surface area contributed by atoms with E-state index in [0.29, 0.717) is 41.7 Å². The molecule has 0 atom stereocenters. The summed E-state index contributed by atoms with van der Waals surface area (Å²) in [7, 11) is 1.54. The van der Waals surface area contributed by atoms with Crippen LogP contribution in [-0.2, 0) is 14.3 Å². The summed E-state index contributed by atoms with van der Waals surface area (Å²) in [5.41, 5.74) is 0.888. The number of esters is 1. The van der Waals surface area contributed by atoms with Gasteiger partial charge in [0.05, 0.1) is 20.3 Å². The molecule has 0 saturated carbocycles. The topological polar surface area (TPSA) is 107 Å². The Labute approximate surface area is 173 Å². The van der Waals surface area contributed by atoms with E-state index >= 15 is 0 Å². The van der Waals surface area contributed by atoms with Crippen LogP contribution in [0.1, 0.15) is 12.0 Å². The fourth-order valence-corrected chi connectivity index (χ4v) is 2.65. The minimum absolute atomic E-state index is 0.219. The van der Waals surface area contributed by atoms with E-state index in [1.807, 2.05) is 0 Å². The molecule has 1 heterocycles. The van der Waals surface area contributed by atoms with Gasteiger partial charge in [0, 0.05) is 18.2 Å². The van der Waals surface area contributed by atoms with Gasteiger partial charge >= 0.3 is 5.97 Å². The first-order valence-electron chi connectivity index (χ1n) is 9.21. The van der Waals surface area contributed by atoms with Crippen LogP contribution in [-0.4, -0.2) is 38.8 Å². The Morgan fingerprint density at radius 3 is 2.57 bits per heavy atom.